The minimum absolute atomic E-state index is 0.0819. The number of nitriles is 1. The van der Waals surface area contributed by atoms with Crippen LogP contribution in [-0.4, -0.2) is 41.1 Å². The van der Waals surface area contributed by atoms with Gasteiger partial charge in [-0.3, -0.25) is 9.59 Å². The van der Waals surface area contributed by atoms with E-state index >= 15 is 0 Å². The predicted molar refractivity (Wildman–Crippen MR) is 86.5 cm³/mol. The van der Waals surface area contributed by atoms with E-state index in [9.17, 15) is 9.59 Å². The zero-order valence-electron chi connectivity index (χ0n) is 13.6. The second-order valence-corrected chi connectivity index (χ2v) is 6.31. The molecule has 2 atom stereocenters. The first-order valence-electron chi connectivity index (χ1n) is 8.18. The van der Waals surface area contributed by atoms with E-state index in [4.69, 9.17) is 10.1 Å². The highest BCUT2D eigenvalue weighted by molar-refractivity contribution is 5.90. The lowest BCUT2D eigenvalue weighted by atomic mass is 10.1. The van der Waals surface area contributed by atoms with Crippen LogP contribution in [0.25, 0.3) is 0 Å². The number of nitrogens with zero attached hydrogens (tertiary/aromatic N) is 3. The second-order valence-electron chi connectivity index (χ2n) is 6.31. The van der Waals surface area contributed by atoms with Crippen LogP contribution in [0.4, 0.5) is 0 Å². The van der Waals surface area contributed by atoms with E-state index in [1.807, 2.05) is 13.0 Å². The maximum Gasteiger partial charge on any atom is 0.246 e. The Labute approximate surface area is 140 Å². The minimum Gasteiger partial charge on any atom is -0.392 e. The molecule has 0 aromatic rings. The van der Waals surface area contributed by atoms with Crippen molar-refractivity contribution in [3.63, 3.8) is 0 Å². The average Bonchev–Trinajstić information content (AvgIpc) is 3.27. The molecule has 3 rings (SSSR count). The molecular formula is C17H20N4O3. The molecule has 1 saturated heterocycles. The van der Waals surface area contributed by atoms with Crippen molar-refractivity contribution >= 4 is 17.5 Å². The third-order valence-electron chi connectivity index (χ3n) is 4.48. The first-order chi connectivity index (χ1) is 11.6. The fraction of sp³-hybridized carbons (Fsp3) is 0.529. The van der Waals surface area contributed by atoms with Crippen LogP contribution in [0.1, 0.15) is 39.0 Å². The molecule has 0 radical (unpaired) electrons. The Bertz CT molecular complexity index is 686. The van der Waals surface area contributed by atoms with E-state index in [0.717, 1.165) is 12.1 Å². The Balaban J connectivity index is 1.60. The maximum atomic E-state index is 12.5. The molecule has 3 aliphatic rings. The highest BCUT2D eigenvalue weighted by Crippen LogP contribution is 2.23. The molecule has 7 nitrogen and oxygen atoms in total. The summed E-state index contributed by atoms with van der Waals surface area (Å²) in [5.74, 6) is -0.298. The monoisotopic (exact) mass is 328 g/mol. The summed E-state index contributed by atoms with van der Waals surface area (Å²) in [7, 11) is 0. The van der Waals surface area contributed by atoms with Gasteiger partial charge in [0.05, 0.1) is 17.7 Å². The van der Waals surface area contributed by atoms with Crippen LogP contribution < -0.4 is 5.32 Å². The van der Waals surface area contributed by atoms with Gasteiger partial charge in [-0.2, -0.15) is 5.26 Å². The number of carbonyl (C=O) groups excluding carboxylic acids is 2. The predicted octanol–water partition coefficient (Wildman–Crippen LogP) is 1.39. The number of likely N-dealkylation sites (tertiary alicyclic amines) is 1. The highest BCUT2D eigenvalue weighted by atomic mass is 16.6. The molecule has 126 valence electrons. The third kappa shape index (κ3) is 3.32. The molecule has 24 heavy (non-hydrogen) atoms. The average molecular weight is 328 g/mol. The van der Waals surface area contributed by atoms with Gasteiger partial charge >= 0.3 is 0 Å². The molecule has 1 unspecified atom stereocenters. The Morgan fingerprint density at radius 2 is 2.38 bits per heavy atom. The first-order valence-corrected chi connectivity index (χ1v) is 8.18. The number of oxime groups is 1. The number of hydrogen-bond donors (Lipinski definition) is 1. The summed E-state index contributed by atoms with van der Waals surface area (Å²) in [6.07, 6.45) is 6.18. The van der Waals surface area contributed by atoms with Crippen molar-refractivity contribution < 1.29 is 14.4 Å². The van der Waals surface area contributed by atoms with E-state index in [1.54, 1.807) is 11.0 Å². The molecule has 2 heterocycles. The highest BCUT2D eigenvalue weighted by Gasteiger charge is 2.36. The molecule has 7 heteroatoms. The summed E-state index contributed by atoms with van der Waals surface area (Å²) in [5.41, 5.74) is 1.98. The number of hydrogen-bond acceptors (Lipinski definition) is 5. The third-order valence-corrected chi connectivity index (χ3v) is 4.48. The van der Waals surface area contributed by atoms with Crippen LogP contribution in [0.5, 0.6) is 0 Å². The van der Waals surface area contributed by atoms with Gasteiger partial charge in [0.15, 0.2) is 0 Å². The Hall–Kier alpha value is -2.62. The minimum atomic E-state index is -0.478. The van der Waals surface area contributed by atoms with Crippen molar-refractivity contribution in [2.45, 2.75) is 51.2 Å². The standard InChI is InChI=1S/C17H20N4O3/c1-11-8-13(24-20-11)9-16(22)21-7-3-6-15(21)17(23)19-14-5-2-4-12(14)10-18/h2,4,13,15H,3,5-9H2,1H3,(H,19,23)/t13?,15-/m0/s1. The normalized spacial score (nSPS) is 25.5. The van der Waals surface area contributed by atoms with Crippen LogP contribution in [0, 0.1) is 11.3 Å². The Morgan fingerprint density at radius 3 is 3.08 bits per heavy atom. The van der Waals surface area contributed by atoms with E-state index in [-0.39, 0.29) is 24.3 Å². The smallest absolute Gasteiger partial charge is 0.246 e. The van der Waals surface area contributed by atoms with Gasteiger partial charge in [0, 0.05) is 25.1 Å². The molecular weight excluding hydrogens is 308 g/mol. The summed E-state index contributed by atoms with van der Waals surface area (Å²) in [4.78, 5) is 31.9. The molecule has 0 spiro atoms. The number of allylic oxidation sites excluding steroid dienone is 3. The van der Waals surface area contributed by atoms with Crippen LogP contribution in [0.15, 0.2) is 28.6 Å². The van der Waals surface area contributed by atoms with E-state index in [1.165, 1.54) is 0 Å². The molecule has 1 aliphatic carbocycles. The van der Waals surface area contributed by atoms with Gasteiger partial charge in [0.2, 0.25) is 11.8 Å². The summed E-state index contributed by atoms with van der Waals surface area (Å²) in [6, 6.07) is 1.59. The zero-order chi connectivity index (χ0) is 17.1. The summed E-state index contributed by atoms with van der Waals surface area (Å²) >= 11 is 0. The molecule has 2 amide bonds. The van der Waals surface area contributed by atoms with Gasteiger partial charge in [-0.25, -0.2) is 0 Å². The van der Waals surface area contributed by atoms with E-state index in [2.05, 4.69) is 16.5 Å². The first kappa shape index (κ1) is 16.2. The van der Waals surface area contributed by atoms with Crippen molar-refractivity contribution in [1.82, 2.24) is 10.2 Å². The van der Waals surface area contributed by atoms with E-state index in [0.29, 0.717) is 37.1 Å². The molecule has 1 fully saturated rings. The van der Waals surface area contributed by atoms with Gasteiger partial charge < -0.3 is 15.1 Å². The number of rotatable bonds is 4. The Kier molecular flexibility index (Phi) is 4.65. The molecule has 0 saturated carbocycles. The Morgan fingerprint density at radius 1 is 1.54 bits per heavy atom. The SMILES string of the molecule is CC1=NOC(CC(=O)N2CCC[C@H]2C(=O)NC2=C(C#N)C=CC2)C1. The fourth-order valence-electron chi connectivity index (χ4n) is 3.29. The maximum absolute atomic E-state index is 12.5. The topological polar surface area (TPSA) is 94.8 Å². The van der Waals surface area contributed by atoms with Crippen LogP contribution in [-0.2, 0) is 14.4 Å². The molecule has 2 aliphatic heterocycles. The molecule has 0 aromatic carbocycles. The molecule has 0 bridgehead atoms. The lowest BCUT2D eigenvalue weighted by Gasteiger charge is -2.25. The lowest BCUT2D eigenvalue weighted by molar-refractivity contribution is -0.140. The van der Waals surface area contributed by atoms with Crippen molar-refractivity contribution in [3.8, 4) is 6.07 Å². The zero-order valence-corrected chi connectivity index (χ0v) is 13.6. The summed E-state index contributed by atoms with van der Waals surface area (Å²) in [6.45, 7) is 2.44. The van der Waals surface area contributed by atoms with Crippen molar-refractivity contribution in [2.24, 2.45) is 5.16 Å². The van der Waals surface area contributed by atoms with Gasteiger partial charge in [0.1, 0.15) is 18.2 Å². The van der Waals surface area contributed by atoms with Crippen molar-refractivity contribution in [1.29, 1.82) is 5.26 Å². The largest absolute Gasteiger partial charge is 0.392 e. The van der Waals surface area contributed by atoms with Gasteiger partial charge in [0.25, 0.3) is 0 Å². The van der Waals surface area contributed by atoms with Crippen molar-refractivity contribution in [3.05, 3.63) is 23.4 Å². The number of amides is 2. The van der Waals surface area contributed by atoms with Gasteiger partial charge in [-0.1, -0.05) is 11.2 Å². The lowest BCUT2D eigenvalue weighted by Crippen LogP contribution is -2.46. The van der Waals surface area contributed by atoms with Crippen LogP contribution >= 0.6 is 0 Å². The van der Waals surface area contributed by atoms with Gasteiger partial charge in [-0.05, 0) is 25.8 Å². The molecule has 0 aromatic heterocycles. The quantitative estimate of drug-likeness (QED) is 0.843. The van der Waals surface area contributed by atoms with E-state index < -0.39 is 6.04 Å². The van der Waals surface area contributed by atoms with Crippen LogP contribution in [0.2, 0.25) is 0 Å². The molecule has 1 N–H and O–H groups in total. The summed E-state index contributed by atoms with van der Waals surface area (Å²) < 4.78 is 0. The van der Waals surface area contributed by atoms with Gasteiger partial charge in [-0.15, -0.1) is 0 Å². The summed E-state index contributed by atoms with van der Waals surface area (Å²) in [5, 5.41) is 15.7. The van der Waals surface area contributed by atoms with Crippen molar-refractivity contribution in [2.75, 3.05) is 6.54 Å². The second kappa shape index (κ2) is 6.87. The number of nitrogens with one attached hydrogen (secondary N) is 1. The fourth-order valence-corrected chi connectivity index (χ4v) is 3.29. The number of carbonyl (C=O) groups is 2. The van der Waals surface area contributed by atoms with Crippen LogP contribution in [0.3, 0.4) is 0 Å².